The lowest BCUT2D eigenvalue weighted by Gasteiger charge is -2.18. The molecule has 194 valence electrons. The zero-order valence-corrected chi connectivity index (χ0v) is 22.3. The van der Waals surface area contributed by atoms with Crippen LogP contribution < -0.4 is 14.2 Å². The first-order valence-corrected chi connectivity index (χ1v) is 13.0. The van der Waals surface area contributed by atoms with Crippen LogP contribution in [0.5, 0.6) is 17.2 Å². The number of carbonyl (C=O) groups excluding carboxylic acids is 1. The Morgan fingerprint density at radius 3 is 2.32 bits per heavy atom. The molecule has 0 aliphatic heterocycles. The molecule has 0 aliphatic rings. The highest BCUT2D eigenvalue weighted by Gasteiger charge is 2.25. The van der Waals surface area contributed by atoms with Gasteiger partial charge in [0.05, 0.1) is 55.7 Å². The Morgan fingerprint density at radius 1 is 0.895 bits per heavy atom. The predicted molar refractivity (Wildman–Crippen MR) is 148 cm³/mol. The number of thioether (sulfide) groups is 1. The van der Waals surface area contributed by atoms with Crippen molar-refractivity contribution in [3.8, 4) is 28.4 Å². The molecule has 0 amide bonds. The van der Waals surface area contributed by atoms with Gasteiger partial charge in [0.1, 0.15) is 5.75 Å². The molecule has 2 heterocycles. The normalized spacial score (nSPS) is 11.1. The number of nitrogens with one attached hydrogen (secondary N) is 1. The fraction of sp³-hybridized carbons (Fsp3) is 0.207. The molecule has 0 aliphatic carbocycles. The van der Waals surface area contributed by atoms with Crippen molar-refractivity contribution in [1.82, 2.24) is 15.0 Å². The number of pyridine rings is 1. The summed E-state index contributed by atoms with van der Waals surface area (Å²) in [5.74, 6) is 1.75. The number of aromatic amines is 1. The van der Waals surface area contributed by atoms with Crippen LogP contribution in [0.4, 0.5) is 0 Å². The lowest BCUT2D eigenvalue weighted by atomic mass is 9.94. The van der Waals surface area contributed by atoms with Crippen molar-refractivity contribution in [3.05, 3.63) is 71.9 Å². The molecule has 0 bridgehead atoms. The Kier molecular flexibility index (Phi) is 7.37. The second kappa shape index (κ2) is 11.0. The molecule has 38 heavy (non-hydrogen) atoms. The maximum atomic E-state index is 13.5. The van der Waals surface area contributed by atoms with E-state index in [0.29, 0.717) is 45.3 Å². The lowest BCUT2D eigenvalue weighted by molar-refractivity contribution is 0.0526. The average molecular weight is 530 g/mol. The molecule has 8 nitrogen and oxygen atoms in total. The highest BCUT2D eigenvalue weighted by molar-refractivity contribution is 7.98. The van der Waals surface area contributed by atoms with Crippen molar-refractivity contribution in [2.24, 2.45) is 0 Å². The van der Waals surface area contributed by atoms with Gasteiger partial charge in [-0.25, -0.2) is 9.78 Å². The third-order valence-corrected chi connectivity index (χ3v) is 7.02. The first-order valence-electron chi connectivity index (χ1n) is 12.0. The first-order chi connectivity index (χ1) is 18.6. The van der Waals surface area contributed by atoms with E-state index in [1.807, 2.05) is 60.7 Å². The molecule has 0 saturated carbocycles. The van der Waals surface area contributed by atoms with Crippen molar-refractivity contribution in [1.29, 1.82) is 0 Å². The number of imidazole rings is 1. The lowest BCUT2D eigenvalue weighted by Crippen LogP contribution is -2.12. The van der Waals surface area contributed by atoms with Gasteiger partial charge in [0.15, 0.2) is 16.7 Å². The summed E-state index contributed by atoms with van der Waals surface area (Å²) < 4.78 is 22.0. The van der Waals surface area contributed by atoms with Crippen molar-refractivity contribution in [3.63, 3.8) is 0 Å². The van der Waals surface area contributed by atoms with E-state index in [-0.39, 0.29) is 6.61 Å². The van der Waals surface area contributed by atoms with Crippen LogP contribution >= 0.6 is 11.8 Å². The number of fused-ring (bicyclic) bond motifs is 2. The van der Waals surface area contributed by atoms with E-state index < -0.39 is 5.97 Å². The Bertz CT molecular complexity index is 1580. The van der Waals surface area contributed by atoms with Gasteiger partial charge in [0.2, 0.25) is 0 Å². The van der Waals surface area contributed by atoms with Gasteiger partial charge in [-0.2, -0.15) is 0 Å². The fourth-order valence-electron chi connectivity index (χ4n) is 4.36. The van der Waals surface area contributed by atoms with E-state index in [9.17, 15) is 4.79 Å². The summed E-state index contributed by atoms with van der Waals surface area (Å²) in [6, 6.07) is 19.1. The van der Waals surface area contributed by atoms with Gasteiger partial charge >= 0.3 is 5.97 Å². The molecule has 0 fully saturated rings. The number of hydrogen-bond donors (Lipinski definition) is 1. The molecule has 0 unspecified atom stereocenters. The Morgan fingerprint density at radius 2 is 1.63 bits per heavy atom. The average Bonchev–Trinajstić information content (AvgIpc) is 3.37. The smallest absolute Gasteiger partial charge is 0.340 e. The minimum atomic E-state index is -0.442. The van der Waals surface area contributed by atoms with Crippen LogP contribution in [0.25, 0.3) is 33.1 Å². The zero-order valence-electron chi connectivity index (χ0n) is 21.5. The minimum absolute atomic E-state index is 0.237. The quantitative estimate of drug-likeness (QED) is 0.176. The van der Waals surface area contributed by atoms with Crippen LogP contribution in [0.1, 0.15) is 23.0 Å². The summed E-state index contributed by atoms with van der Waals surface area (Å²) in [5, 5.41) is 1.48. The van der Waals surface area contributed by atoms with Gasteiger partial charge in [-0.1, -0.05) is 36.0 Å². The maximum absolute atomic E-state index is 13.5. The van der Waals surface area contributed by atoms with E-state index >= 15 is 0 Å². The molecule has 2 aromatic heterocycles. The van der Waals surface area contributed by atoms with Gasteiger partial charge in [0.25, 0.3) is 0 Å². The monoisotopic (exact) mass is 529 g/mol. The second-order valence-corrected chi connectivity index (χ2v) is 9.29. The van der Waals surface area contributed by atoms with E-state index in [4.69, 9.17) is 23.9 Å². The molecule has 9 heteroatoms. The summed E-state index contributed by atoms with van der Waals surface area (Å²) in [6.45, 7) is 2.02. The summed E-state index contributed by atoms with van der Waals surface area (Å²) in [4.78, 5) is 26.4. The molecule has 0 spiro atoms. The van der Waals surface area contributed by atoms with E-state index in [0.717, 1.165) is 27.1 Å². The number of ether oxygens (including phenoxy) is 4. The summed E-state index contributed by atoms with van der Waals surface area (Å²) in [6.07, 6.45) is 0. The van der Waals surface area contributed by atoms with Gasteiger partial charge < -0.3 is 23.9 Å². The number of para-hydroxylation sites is 2. The fourth-order valence-corrected chi connectivity index (χ4v) is 5.19. The second-order valence-electron chi connectivity index (χ2n) is 8.33. The van der Waals surface area contributed by atoms with Crippen LogP contribution in [-0.4, -0.2) is 48.9 Å². The standard InChI is InChI=1S/C29H27N3O5S/c1-5-37-28(33)27-23(16-38-29-31-20-8-6-7-9-21(20)32-29)30-22-15-25(36-4)24(35-3)14-19(22)26(27)17-10-12-18(34-2)13-11-17/h6-15H,5,16H2,1-4H3,(H,31,32). The number of methoxy groups -OCH3 is 3. The van der Waals surface area contributed by atoms with Crippen molar-refractivity contribution in [2.75, 3.05) is 27.9 Å². The van der Waals surface area contributed by atoms with Crippen LogP contribution in [0.3, 0.4) is 0 Å². The molecule has 1 N–H and O–H groups in total. The number of rotatable bonds is 9. The Balaban J connectivity index is 1.72. The van der Waals surface area contributed by atoms with Crippen LogP contribution in [0.15, 0.2) is 65.8 Å². The van der Waals surface area contributed by atoms with Crippen LogP contribution in [0, 0.1) is 0 Å². The molecular formula is C29H27N3O5S. The molecule has 0 saturated heterocycles. The molecule has 0 radical (unpaired) electrons. The minimum Gasteiger partial charge on any atom is -0.497 e. The number of hydrogen-bond acceptors (Lipinski definition) is 8. The number of benzene rings is 3. The molecule has 5 aromatic rings. The number of H-pyrrole nitrogens is 1. The van der Waals surface area contributed by atoms with Gasteiger partial charge in [-0.3, -0.25) is 4.98 Å². The van der Waals surface area contributed by atoms with Gasteiger partial charge in [-0.15, -0.1) is 0 Å². The largest absolute Gasteiger partial charge is 0.497 e. The van der Waals surface area contributed by atoms with Gasteiger partial charge in [-0.05, 0) is 42.8 Å². The number of aromatic nitrogens is 3. The van der Waals surface area contributed by atoms with Crippen molar-refractivity contribution >= 4 is 39.7 Å². The topological polar surface area (TPSA) is 95.6 Å². The Hall–Kier alpha value is -4.24. The number of nitrogens with zero attached hydrogens (tertiary/aromatic N) is 2. The van der Waals surface area contributed by atoms with Crippen LogP contribution in [-0.2, 0) is 10.5 Å². The highest BCUT2D eigenvalue weighted by Crippen LogP contribution is 2.41. The van der Waals surface area contributed by atoms with Crippen molar-refractivity contribution in [2.45, 2.75) is 17.8 Å². The zero-order chi connectivity index (χ0) is 26.6. The third kappa shape index (κ3) is 4.84. The summed E-state index contributed by atoms with van der Waals surface area (Å²) in [5.41, 5.74) is 5.01. The highest BCUT2D eigenvalue weighted by atomic mass is 32.2. The SMILES string of the molecule is CCOC(=O)c1c(CSc2nc3ccccc3[nH]2)nc2cc(OC)c(OC)cc2c1-c1ccc(OC)cc1. The molecule has 3 aromatic carbocycles. The number of esters is 1. The molecule has 5 rings (SSSR count). The Labute approximate surface area is 224 Å². The van der Waals surface area contributed by atoms with Crippen molar-refractivity contribution < 1.29 is 23.7 Å². The molecule has 0 atom stereocenters. The first kappa shape index (κ1) is 25.4. The summed E-state index contributed by atoms with van der Waals surface area (Å²) in [7, 11) is 4.78. The van der Waals surface area contributed by atoms with E-state index in [1.165, 1.54) is 11.8 Å². The molecular weight excluding hydrogens is 502 g/mol. The maximum Gasteiger partial charge on any atom is 0.340 e. The predicted octanol–water partition coefficient (Wildman–Crippen LogP) is 6.27. The summed E-state index contributed by atoms with van der Waals surface area (Å²) >= 11 is 1.47. The van der Waals surface area contributed by atoms with Crippen LogP contribution in [0.2, 0.25) is 0 Å². The van der Waals surface area contributed by atoms with Gasteiger partial charge in [0, 0.05) is 22.8 Å². The number of carbonyl (C=O) groups is 1. The van der Waals surface area contributed by atoms with E-state index in [1.54, 1.807) is 28.3 Å². The third-order valence-electron chi connectivity index (χ3n) is 6.14. The van der Waals surface area contributed by atoms with E-state index in [2.05, 4.69) is 9.97 Å².